The molecule has 0 spiro atoms. The lowest BCUT2D eigenvalue weighted by Gasteiger charge is -2.15. The van der Waals surface area contributed by atoms with Gasteiger partial charge in [-0.15, -0.1) is 0 Å². The highest BCUT2D eigenvalue weighted by Gasteiger charge is 2.11. The summed E-state index contributed by atoms with van der Waals surface area (Å²) >= 11 is 0. The van der Waals surface area contributed by atoms with Crippen molar-refractivity contribution >= 4 is 11.9 Å². The lowest BCUT2D eigenvalue weighted by Crippen LogP contribution is -2.01. The predicted molar refractivity (Wildman–Crippen MR) is 104 cm³/mol. The molecule has 2 aromatic rings. The fourth-order valence-electron chi connectivity index (χ4n) is 2.68. The summed E-state index contributed by atoms with van der Waals surface area (Å²) in [6, 6.07) is 10.1. The average molecular weight is 354 g/mol. The SMILES string of the molecule is CCCc1cc(C=CC(=O)c2ccc(O)cc2)c(OCC)cc1OCC. The van der Waals surface area contributed by atoms with Crippen molar-refractivity contribution in [2.24, 2.45) is 0 Å². The molecule has 0 aliphatic heterocycles. The Balaban J connectivity index is 2.34. The second-order valence-electron chi connectivity index (χ2n) is 5.86. The maximum Gasteiger partial charge on any atom is 0.185 e. The summed E-state index contributed by atoms with van der Waals surface area (Å²) in [6.07, 6.45) is 5.20. The molecule has 138 valence electrons. The molecule has 0 aromatic heterocycles. The maximum absolute atomic E-state index is 12.3. The normalized spacial score (nSPS) is 10.9. The van der Waals surface area contributed by atoms with Crippen LogP contribution in [0.4, 0.5) is 0 Å². The molecule has 4 nitrogen and oxygen atoms in total. The van der Waals surface area contributed by atoms with Crippen LogP contribution >= 0.6 is 0 Å². The van der Waals surface area contributed by atoms with Crippen LogP contribution in [0, 0.1) is 0 Å². The first-order valence-corrected chi connectivity index (χ1v) is 9.02. The van der Waals surface area contributed by atoms with Crippen molar-refractivity contribution in [1.29, 1.82) is 0 Å². The minimum absolute atomic E-state index is 0.127. The number of aromatic hydroxyl groups is 1. The second kappa shape index (κ2) is 9.66. The number of allylic oxidation sites excluding steroid dienone is 1. The third-order valence-electron chi connectivity index (χ3n) is 3.88. The summed E-state index contributed by atoms with van der Waals surface area (Å²) in [7, 11) is 0. The van der Waals surface area contributed by atoms with Gasteiger partial charge in [0.1, 0.15) is 17.2 Å². The van der Waals surface area contributed by atoms with Crippen LogP contribution in [0.3, 0.4) is 0 Å². The van der Waals surface area contributed by atoms with Gasteiger partial charge in [0.15, 0.2) is 5.78 Å². The minimum atomic E-state index is -0.127. The third-order valence-corrected chi connectivity index (χ3v) is 3.88. The number of carbonyl (C=O) groups is 1. The molecule has 0 aliphatic rings. The Morgan fingerprint density at radius 1 is 1.00 bits per heavy atom. The summed E-state index contributed by atoms with van der Waals surface area (Å²) in [5, 5.41) is 9.33. The first-order chi connectivity index (χ1) is 12.6. The molecule has 0 saturated heterocycles. The number of rotatable bonds is 9. The van der Waals surface area contributed by atoms with Crippen molar-refractivity contribution in [2.75, 3.05) is 13.2 Å². The van der Waals surface area contributed by atoms with E-state index in [0.29, 0.717) is 24.5 Å². The predicted octanol–water partition coefficient (Wildman–Crippen LogP) is 5.04. The van der Waals surface area contributed by atoms with Crippen LogP contribution in [0.2, 0.25) is 0 Å². The molecule has 0 amide bonds. The standard InChI is InChI=1S/C22H26O4/c1-4-7-17-14-18(22(26-6-3)15-21(17)25-5-2)10-13-20(24)16-8-11-19(23)12-9-16/h8-15,23H,4-7H2,1-3H3. The van der Waals surface area contributed by atoms with Crippen LogP contribution < -0.4 is 9.47 Å². The number of phenols is 1. The van der Waals surface area contributed by atoms with E-state index in [-0.39, 0.29) is 11.5 Å². The van der Waals surface area contributed by atoms with Crippen molar-refractivity contribution in [3.05, 3.63) is 59.2 Å². The fourth-order valence-corrected chi connectivity index (χ4v) is 2.68. The van der Waals surface area contributed by atoms with Crippen LogP contribution in [0.5, 0.6) is 17.2 Å². The van der Waals surface area contributed by atoms with Gasteiger partial charge in [0.25, 0.3) is 0 Å². The van der Waals surface area contributed by atoms with Gasteiger partial charge >= 0.3 is 0 Å². The highest BCUT2D eigenvalue weighted by molar-refractivity contribution is 6.07. The van der Waals surface area contributed by atoms with E-state index in [0.717, 1.165) is 29.7 Å². The lowest BCUT2D eigenvalue weighted by atomic mass is 10.0. The molecule has 0 atom stereocenters. The van der Waals surface area contributed by atoms with Crippen molar-refractivity contribution in [2.45, 2.75) is 33.6 Å². The summed E-state index contributed by atoms with van der Waals surface area (Å²) < 4.78 is 11.5. The lowest BCUT2D eigenvalue weighted by molar-refractivity contribution is 0.104. The summed E-state index contributed by atoms with van der Waals surface area (Å²) in [6.45, 7) is 7.13. The Labute approximate surface area is 155 Å². The van der Waals surface area contributed by atoms with Crippen LogP contribution in [0.15, 0.2) is 42.5 Å². The van der Waals surface area contributed by atoms with Gasteiger partial charge in [0.2, 0.25) is 0 Å². The average Bonchev–Trinajstić information content (AvgIpc) is 2.63. The molecule has 0 fully saturated rings. The number of benzene rings is 2. The Bertz CT molecular complexity index is 760. The van der Waals surface area contributed by atoms with E-state index < -0.39 is 0 Å². The topological polar surface area (TPSA) is 55.8 Å². The number of phenolic OH excluding ortho intramolecular Hbond substituents is 1. The van der Waals surface area contributed by atoms with Crippen molar-refractivity contribution < 1.29 is 19.4 Å². The Morgan fingerprint density at radius 3 is 2.27 bits per heavy atom. The van der Waals surface area contributed by atoms with Crippen molar-refractivity contribution in [3.8, 4) is 17.2 Å². The molecule has 1 N–H and O–H groups in total. The van der Waals surface area contributed by atoms with Gasteiger partial charge in [0, 0.05) is 17.2 Å². The van der Waals surface area contributed by atoms with E-state index in [1.54, 1.807) is 18.2 Å². The monoisotopic (exact) mass is 354 g/mol. The first-order valence-electron chi connectivity index (χ1n) is 9.02. The number of hydrogen-bond acceptors (Lipinski definition) is 4. The maximum atomic E-state index is 12.3. The Kier molecular flexibility index (Phi) is 7.27. The zero-order valence-electron chi connectivity index (χ0n) is 15.6. The van der Waals surface area contributed by atoms with Gasteiger partial charge < -0.3 is 14.6 Å². The largest absolute Gasteiger partial charge is 0.508 e. The number of hydrogen-bond donors (Lipinski definition) is 1. The molecule has 2 aromatic carbocycles. The number of carbonyl (C=O) groups excluding carboxylic acids is 1. The molecule has 0 aliphatic carbocycles. The van der Waals surface area contributed by atoms with E-state index in [1.807, 2.05) is 26.0 Å². The molecular formula is C22H26O4. The van der Waals surface area contributed by atoms with E-state index in [9.17, 15) is 9.90 Å². The quantitative estimate of drug-likeness (QED) is 0.506. The number of ether oxygens (including phenoxy) is 2. The number of ketones is 1. The Morgan fingerprint density at radius 2 is 1.65 bits per heavy atom. The van der Waals surface area contributed by atoms with Crippen molar-refractivity contribution in [1.82, 2.24) is 0 Å². The van der Waals surface area contributed by atoms with E-state index in [2.05, 4.69) is 6.92 Å². The zero-order valence-corrected chi connectivity index (χ0v) is 15.6. The molecule has 0 radical (unpaired) electrons. The highest BCUT2D eigenvalue weighted by Crippen LogP contribution is 2.31. The molecular weight excluding hydrogens is 328 g/mol. The van der Waals surface area contributed by atoms with E-state index in [1.165, 1.54) is 18.2 Å². The van der Waals surface area contributed by atoms with Crippen LogP contribution in [-0.2, 0) is 6.42 Å². The van der Waals surface area contributed by atoms with Gasteiger partial charge in [-0.05, 0) is 68.3 Å². The van der Waals surface area contributed by atoms with Gasteiger partial charge in [-0.3, -0.25) is 4.79 Å². The van der Waals surface area contributed by atoms with Crippen molar-refractivity contribution in [3.63, 3.8) is 0 Å². The molecule has 4 heteroatoms. The summed E-state index contributed by atoms with van der Waals surface area (Å²) in [5.74, 6) is 1.55. The Hall–Kier alpha value is -2.75. The van der Waals surface area contributed by atoms with Crippen LogP contribution in [0.1, 0.15) is 48.7 Å². The fraction of sp³-hybridized carbons (Fsp3) is 0.318. The highest BCUT2D eigenvalue weighted by atomic mass is 16.5. The van der Waals surface area contributed by atoms with Gasteiger partial charge in [-0.1, -0.05) is 13.3 Å². The molecule has 0 heterocycles. The van der Waals surface area contributed by atoms with Gasteiger partial charge in [-0.25, -0.2) is 0 Å². The molecule has 0 saturated carbocycles. The number of aryl methyl sites for hydroxylation is 1. The van der Waals surface area contributed by atoms with Crippen LogP contribution in [-0.4, -0.2) is 24.1 Å². The van der Waals surface area contributed by atoms with E-state index >= 15 is 0 Å². The smallest absolute Gasteiger partial charge is 0.185 e. The summed E-state index contributed by atoms with van der Waals surface area (Å²) in [5.41, 5.74) is 2.48. The molecule has 2 rings (SSSR count). The summed E-state index contributed by atoms with van der Waals surface area (Å²) in [4.78, 5) is 12.3. The second-order valence-corrected chi connectivity index (χ2v) is 5.86. The third kappa shape index (κ3) is 5.12. The molecule has 26 heavy (non-hydrogen) atoms. The first kappa shape index (κ1) is 19.6. The molecule has 0 bridgehead atoms. The minimum Gasteiger partial charge on any atom is -0.508 e. The van der Waals surface area contributed by atoms with E-state index in [4.69, 9.17) is 9.47 Å². The van der Waals surface area contributed by atoms with Gasteiger partial charge in [-0.2, -0.15) is 0 Å². The van der Waals surface area contributed by atoms with Crippen LogP contribution in [0.25, 0.3) is 6.08 Å². The molecule has 0 unspecified atom stereocenters. The zero-order chi connectivity index (χ0) is 18.9. The van der Waals surface area contributed by atoms with Gasteiger partial charge in [0.05, 0.1) is 13.2 Å².